The number of rotatable bonds is 2. The van der Waals surface area contributed by atoms with Crippen LogP contribution in [-0.4, -0.2) is 4.98 Å². The molecule has 3 heteroatoms. The van der Waals surface area contributed by atoms with E-state index in [9.17, 15) is 0 Å². The zero-order valence-corrected chi connectivity index (χ0v) is 8.86. The van der Waals surface area contributed by atoms with Gasteiger partial charge < -0.3 is 5.73 Å². The monoisotopic (exact) mass is 196 g/mol. The second kappa shape index (κ2) is 3.39. The average Bonchev–Trinajstić information content (AvgIpc) is 2.72. The molecule has 0 saturated heterocycles. The summed E-state index contributed by atoms with van der Waals surface area (Å²) in [6, 6.07) is 0. The van der Waals surface area contributed by atoms with Gasteiger partial charge in [0.2, 0.25) is 0 Å². The lowest BCUT2D eigenvalue weighted by Crippen LogP contribution is -2.32. The highest BCUT2D eigenvalue weighted by Gasteiger charge is 2.33. The summed E-state index contributed by atoms with van der Waals surface area (Å²) in [7, 11) is 0. The Labute approximate surface area is 83.2 Å². The number of aromatic nitrogens is 1. The van der Waals surface area contributed by atoms with Gasteiger partial charge in [0, 0.05) is 11.1 Å². The van der Waals surface area contributed by atoms with Crippen LogP contribution in [0.25, 0.3) is 0 Å². The average molecular weight is 196 g/mol. The third-order valence-corrected chi connectivity index (χ3v) is 4.19. The first-order valence-corrected chi connectivity index (χ1v) is 5.80. The van der Waals surface area contributed by atoms with Gasteiger partial charge in [0.15, 0.2) is 0 Å². The molecule has 1 aromatic heterocycles. The molecular weight excluding hydrogens is 180 g/mol. The van der Waals surface area contributed by atoms with Gasteiger partial charge in [-0.15, -0.1) is 11.3 Å². The molecule has 1 aliphatic carbocycles. The fraction of sp³-hybridized carbons (Fsp3) is 0.700. The van der Waals surface area contributed by atoms with Gasteiger partial charge in [0.25, 0.3) is 0 Å². The van der Waals surface area contributed by atoms with Crippen LogP contribution in [0, 0.1) is 0 Å². The molecule has 2 N–H and O–H groups in total. The van der Waals surface area contributed by atoms with Crippen LogP contribution in [0.15, 0.2) is 6.20 Å². The quantitative estimate of drug-likeness (QED) is 0.789. The number of hydrogen-bond donors (Lipinski definition) is 1. The number of nitrogens with zero attached hydrogens (tertiary/aromatic N) is 1. The van der Waals surface area contributed by atoms with Gasteiger partial charge in [-0.1, -0.05) is 19.8 Å². The molecule has 1 heterocycles. The third-order valence-electron chi connectivity index (χ3n) is 2.82. The Morgan fingerprint density at radius 1 is 1.54 bits per heavy atom. The highest BCUT2D eigenvalue weighted by atomic mass is 32.1. The molecule has 0 bridgehead atoms. The van der Waals surface area contributed by atoms with E-state index in [2.05, 4.69) is 11.9 Å². The molecule has 1 aliphatic rings. The van der Waals surface area contributed by atoms with Gasteiger partial charge in [-0.25, -0.2) is 4.98 Å². The fourth-order valence-corrected chi connectivity index (χ4v) is 2.93. The smallest absolute Gasteiger partial charge is 0.113 e. The molecule has 1 aromatic rings. The van der Waals surface area contributed by atoms with Gasteiger partial charge in [0.05, 0.1) is 5.54 Å². The second-order valence-electron chi connectivity index (χ2n) is 3.85. The second-order valence-corrected chi connectivity index (χ2v) is 4.96. The van der Waals surface area contributed by atoms with Crippen molar-refractivity contribution in [2.75, 3.05) is 0 Å². The summed E-state index contributed by atoms with van der Waals surface area (Å²) in [5.41, 5.74) is 6.21. The molecule has 0 amide bonds. The molecule has 13 heavy (non-hydrogen) atoms. The lowest BCUT2D eigenvalue weighted by atomic mass is 10.0. The molecule has 2 rings (SSSR count). The van der Waals surface area contributed by atoms with Crippen LogP contribution in [0.3, 0.4) is 0 Å². The van der Waals surface area contributed by atoms with Crippen molar-refractivity contribution >= 4 is 11.3 Å². The number of aryl methyl sites for hydroxylation is 1. The maximum atomic E-state index is 6.30. The molecular formula is C10H16N2S. The SMILES string of the molecule is CCc1cnc(C2(N)CCCC2)s1. The van der Waals surface area contributed by atoms with Gasteiger partial charge >= 0.3 is 0 Å². The molecule has 1 fully saturated rings. The van der Waals surface area contributed by atoms with Crippen LogP contribution in [0.1, 0.15) is 42.5 Å². The zero-order valence-electron chi connectivity index (χ0n) is 8.05. The summed E-state index contributed by atoms with van der Waals surface area (Å²) < 4.78 is 0. The minimum atomic E-state index is -0.0852. The van der Waals surface area contributed by atoms with Crippen LogP contribution >= 0.6 is 11.3 Å². The Bertz CT molecular complexity index is 287. The summed E-state index contributed by atoms with van der Waals surface area (Å²) >= 11 is 1.79. The van der Waals surface area contributed by atoms with E-state index in [1.54, 1.807) is 11.3 Å². The van der Waals surface area contributed by atoms with Crippen molar-refractivity contribution in [3.63, 3.8) is 0 Å². The van der Waals surface area contributed by atoms with Gasteiger partial charge in [-0.2, -0.15) is 0 Å². The largest absolute Gasteiger partial charge is 0.319 e. The van der Waals surface area contributed by atoms with Crippen LogP contribution < -0.4 is 5.73 Å². The van der Waals surface area contributed by atoms with E-state index in [4.69, 9.17) is 5.73 Å². The van der Waals surface area contributed by atoms with Crippen molar-refractivity contribution in [1.29, 1.82) is 0 Å². The summed E-state index contributed by atoms with van der Waals surface area (Å²) in [5.74, 6) is 0. The molecule has 0 aromatic carbocycles. The Morgan fingerprint density at radius 3 is 2.77 bits per heavy atom. The van der Waals surface area contributed by atoms with E-state index in [1.165, 1.54) is 17.7 Å². The Morgan fingerprint density at radius 2 is 2.23 bits per heavy atom. The van der Waals surface area contributed by atoms with Crippen molar-refractivity contribution in [3.05, 3.63) is 16.1 Å². The van der Waals surface area contributed by atoms with Gasteiger partial charge in [-0.05, 0) is 19.3 Å². The summed E-state index contributed by atoms with van der Waals surface area (Å²) in [5, 5.41) is 1.15. The lowest BCUT2D eigenvalue weighted by Gasteiger charge is -2.19. The third kappa shape index (κ3) is 1.63. The van der Waals surface area contributed by atoms with Gasteiger partial charge in [-0.3, -0.25) is 0 Å². The standard InChI is InChI=1S/C10H16N2S/c1-2-8-7-12-9(13-8)10(11)5-3-4-6-10/h7H,2-6,11H2,1H3. The van der Waals surface area contributed by atoms with Crippen molar-refractivity contribution in [2.45, 2.75) is 44.6 Å². The first-order chi connectivity index (χ1) is 6.24. The van der Waals surface area contributed by atoms with E-state index in [0.717, 1.165) is 24.3 Å². The normalized spacial score (nSPS) is 20.8. The minimum Gasteiger partial charge on any atom is -0.319 e. The number of thiazole rings is 1. The Balaban J connectivity index is 2.23. The molecule has 0 radical (unpaired) electrons. The van der Waals surface area contributed by atoms with E-state index in [0.29, 0.717) is 0 Å². The molecule has 0 aliphatic heterocycles. The molecule has 2 nitrogen and oxygen atoms in total. The highest BCUT2D eigenvalue weighted by Crippen LogP contribution is 2.38. The zero-order chi connectivity index (χ0) is 9.31. The van der Waals surface area contributed by atoms with Crippen molar-refractivity contribution in [3.8, 4) is 0 Å². The maximum absolute atomic E-state index is 6.30. The van der Waals surface area contributed by atoms with Crippen LogP contribution in [0.4, 0.5) is 0 Å². The van der Waals surface area contributed by atoms with Crippen molar-refractivity contribution in [2.24, 2.45) is 5.73 Å². The van der Waals surface area contributed by atoms with E-state index >= 15 is 0 Å². The number of hydrogen-bond acceptors (Lipinski definition) is 3. The Hall–Kier alpha value is -0.410. The first kappa shape index (κ1) is 9.16. The summed E-state index contributed by atoms with van der Waals surface area (Å²) in [6.45, 7) is 2.16. The lowest BCUT2D eigenvalue weighted by molar-refractivity contribution is 0.459. The van der Waals surface area contributed by atoms with E-state index < -0.39 is 0 Å². The molecule has 0 atom stereocenters. The van der Waals surface area contributed by atoms with Crippen LogP contribution in [0.5, 0.6) is 0 Å². The van der Waals surface area contributed by atoms with Gasteiger partial charge in [0.1, 0.15) is 5.01 Å². The molecule has 1 saturated carbocycles. The van der Waals surface area contributed by atoms with Crippen molar-refractivity contribution < 1.29 is 0 Å². The molecule has 0 unspecified atom stereocenters. The van der Waals surface area contributed by atoms with Crippen molar-refractivity contribution in [1.82, 2.24) is 4.98 Å². The predicted octanol–water partition coefficient (Wildman–Crippen LogP) is 2.43. The summed E-state index contributed by atoms with van der Waals surface area (Å²) in [4.78, 5) is 5.79. The topological polar surface area (TPSA) is 38.9 Å². The minimum absolute atomic E-state index is 0.0852. The Kier molecular flexibility index (Phi) is 2.39. The molecule has 72 valence electrons. The van der Waals surface area contributed by atoms with Crippen LogP contribution in [0.2, 0.25) is 0 Å². The van der Waals surface area contributed by atoms with Crippen LogP contribution in [-0.2, 0) is 12.0 Å². The fourth-order valence-electron chi connectivity index (χ4n) is 1.92. The van der Waals surface area contributed by atoms with E-state index in [1.807, 2.05) is 6.20 Å². The predicted molar refractivity (Wildman–Crippen MR) is 55.8 cm³/mol. The first-order valence-electron chi connectivity index (χ1n) is 4.99. The highest BCUT2D eigenvalue weighted by molar-refractivity contribution is 7.11. The molecule has 0 spiro atoms. The maximum Gasteiger partial charge on any atom is 0.113 e. The summed E-state index contributed by atoms with van der Waals surface area (Å²) in [6.07, 6.45) is 7.81. The van der Waals surface area contributed by atoms with E-state index in [-0.39, 0.29) is 5.54 Å². The number of nitrogens with two attached hydrogens (primary N) is 1.